The van der Waals surface area contributed by atoms with Crippen LogP contribution in [0.4, 0.5) is 0 Å². The fraction of sp³-hybridized carbons (Fsp3) is 0.250. The number of aliphatic hydroxyl groups is 1. The van der Waals surface area contributed by atoms with E-state index in [-0.39, 0.29) is 12.5 Å². The quantitative estimate of drug-likeness (QED) is 0.774. The maximum Gasteiger partial charge on any atom is 0.251 e. The van der Waals surface area contributed by atoms with Crippen LogP contribution in [0.15, 0.2) is 48.7 Å². The first-order chi connectivity index (χ1) is 11.4. The zero-order chi connectivity index (χ0) is 17.3. The number of rotatable bonds is 4. The van der Waals surface area contributed by atoms with Gasteiger partial charge in [0, 0.05) is 30.9 Å². The average molecular weight is 322 g/mol. The first-order valence-corrected chi connectivity index (χ1v) is 8.03. The molecule has 24 heavy (non-hydrogen) atoms. The van der Waals surface area contributed by atoms with E-state index in [0.717, 1.165) is 27.6 Å². The average Bonchev–Trinajstić information content (AvgIpc) is 2.92. The maximum atomic E-state index is 12.3. The molecule has 0 spiro atoms. The van der Waals surface area contributed by atoms with Crippen molar-refractivity contribution in [3.63, 3.8) is 0 Å². The molecular weight excluding hydrogens is 300 g/mol. The number of carbonyl (C=O) groups is 1. The van der Waals surface area contributed by atoms with Crippen LogP contribution in [0.1, 0.15) is 33.2 Å². The van der Waals surface area contributed by atoms with E-state index < -0.39 is 6.10 Å². The molecule has 0 aliphatic rings. The number of benzene rings is 2. The summed E-state index contributed by atoms with van der Waals surface area (Å²) in [4.78, 5) is 12.3. The molecule has 0 aliphatic carbocycles. The molecule has 3 aromatic rings. The standard InChI is InChI=1S/C20H22N2O2/c1-13-8-14(2)10-17(9-13)20(24)21-12-19(23)16-4-5-18-15(11-16)6-7-22(18)3/h4-11,19,23H,12H2,1-3H3,(H,21,24). The third-order valence-corrected chi connectivity index (χ3v) is 4.23. The highest BCUT2D eigenvalue weighted by molar-refractivity contribution is 5.94. The third kappa shape index (κ3) is 3.34. The Morgan fingerprint density at radius 3 is 2.54 bits per heavy atom. The fourth-order valence-corrected chi connectivity index (χ4v) is 3.02. The lowest BCUT2D eigenvalue weighted by atomic mass is 10.1. The Hall–Kier alpha value is -2.59. The van der Waals surface area contributed by atoms with Crippen LogP contribution in [0.25, 0.3) is 10.9 Å². The molecule has 1 unspecified atom stereocenters. The van der Waals surface area contributed by atoms with Crippen molar-refractivity contribution in [3.8, 4) is 0 Å². The number of aryl methyl sites for hydroxylation is 3. The molecule has 4 nitrogen and oxygen atoms in total. The molecule has 0 saturated heterocycles. The van der Waals surface area contributed by atoms with Crippen molar-refractivity contribution in [2.75, 3.05) is 6.54 Å². The maximum absolute atomic E-state index is 12.3. The van der Waals surface area contributed by atoms with Crippen LogP contribution in [-0.2, 0) is 7.05 Å². The monoisotopic (exact) mass is 322 g/mol. The lowest BCUT2D eigenvalue weighted by Gasteiger charge is -2.13. The van der Waals surface area contributed by atoms with Gasteiger partial charge >= 0.3 is 0 Å². The van der Waals surface area contributed by atoms with Gasteiger partial charge in [0.15, 0.2) is 0 Å². The predicted octanol–water partition coefficient (Wildman–Crippen LogP) is 3.26. The van der Waals surface area contributed by atoms with E-state index in [1.165, 1.54) is 0 Å². The number of carbonyl (C=O) groups excluding carboxylic acids is 1. The van der Waals surface area contributed by atoms with E-state index in [2.05, 4.69) is 5.32 Å². The molecule has 3 rings (SSSR count). The van der Waals surface area contributed by atoms with Crippen molar-refractivity contribution in [1.82, 2.24) is 9.88 Å². The fourth-order valence-electron chi connectivity index (χ4n) is 3.02. The van der Waals surface area contributed by atoms with Crippen LogP contribution in [0.3, 0.4) is 0 Å². The van der Waals surface area contributed by atoms with Gasteiger partial charge in [-0.25, -0.2) is 0 Å². The van der Waals surface area contributed by atoms with Gasteiger partial charge in [0.05, 0.1) is 6.10 Å². The molecule has 124 valence electrons. The van der Waals surface area contributed by atoms with Crippen molar-refractivity contribution in [2.24, 2.45) is 7.05 Å². The van der Waals surface area contributed by atoms with Gasteiger partial charge in [0.25, 0.3) is 5.91 Å². The van der Waals surface area contributed by atoms with Crippen LogP contribution in [0.5, 0.6) is 0 Å². The highest BCUT2D eigenvalue weighted by Crippen LogP contribution is 2.21. The SMILES string of the molecule is Cc1cc(C)cc(C(=O)NCC(O)c2ccc3c(ccn3C)c2)c1. The number of aromatic nitrogens is 1. The minimum absolute atomic E-state index is 0.165. The Morgan fingerprint density at radius 1 is 1.12 bits per heavy atom. The van der Waals surface area contributed by atoms with Gasteiger partial charge in [-0.15, -0.1) is 0 Å². The van der Waals surface area contributed by atoms with E-state index in [1.807, 2.05) is 74.1 Å². The zero-order valence-corrected chi connectivity index (χ0v) is 14.2. The second kappa shape index (κ2) is 6.49. The number of nitrogens with zero attached hydrogens (tertiary/aromatic N) is 1. The topological polar surface area (TPSA) is 54.3 Å². The summed E-state index contributed by atoms with van der Waals surface area (Å²) in [5.74, 6) is -0.165. The van der Waals surface area contributed by atoms with Gasteiger partial charge in [0.1, 0.15) is 0 Å². The third-order valence-electron chi connectivity index (χ3n) is 4.23. The van der Waals surface area contributed by atoms with Gasteiger partial charge in [-0.1, -0.05) is 23.3 Å². The number of nitrogens with one attached hydrogen (secondary N) is 1. The van der Waals surface area contributed by atoms with Crippen LogP contribution in [0.2, 0.25) is 0 Å². The summed E-state index contributed by atoms with van der Waals surface area (Å²) >= 11 is 0. The zero-order valence-electron chi connectivity index (χ0n) is 14.2. The normalized spacial score (nSPS) is 12.3. The van der Waals surface area contributed by atoms with E-state index in [0.29, 0.717) is 5.56 Å². The summed E-state index contributed by atoms with van der Waals surface area (Å²) in [5.41, 5.74) is 4.64. The van der Waals surface area contributed by atoms with Gasteiger partial charge in [0.2, 0.25) is 0 Å². The van der Waals surface area contributed by atoms with Crippen molar-refractivity contribution in [1.29, 1.82) is 0 Å². The van der Waals surface area contributed by atoms with E-state index in [4.69, 9.17) is 0 Å². The number of aliphatic hydroxyl groups excluding tert-OH is 1. The molecule has 2 N–H and O–H groups in total. The summed E-state index contributed by atoms with van der Waals surface area (Å²) < 4.78 is 2.04. The molecule has 4 heteroatoms. The van der Waals surface area contributed by atoms with Crippen LogP contribution in [-0.4, -0.2) is 22.1 Å². The molecule has 0 saturated carbocycles. The molecular formula is C20H22N2O2. The molecule has 1 atom stereocenters. The van der Waals surface area contributed by atoms with Crippen molar-refractivity contribution >= 4 is 16.8 Å². The molecule has 0 bridgehead atoms. The summed E-state index contributed by atoms with van der Waals surface area (Å²) in [6.07, 6.45) is 1.26. The molecule has 0 aliphatic heterocycles. The first-order valence-electron chi connectivity index (χ1n) is 8.03. The number of hydrogen-bond acceptors (Lipinski definition) is 2. The molecule has 1 amide bonds. The van der Waals surface area contributed by atoms with Crippen LogP contribution in [0, 0.1) is 13.8 Å². The van der Waals surface area contributed by atoms with Crippen molar-refractivity contribution in [2.45, 2.75) is 20.0 Å². The molecule has 1 aromatic heterocycles. The Kier molecular flexibility index (Phi) is 4.40. The Morgan fingerprint density at radius 2 is 1.83 bits per heavy atom. The van der Waals surface area contributed by atoms with Gasteiger partial charge in [-0.3, -0.25) is 4.79 Å². The van der Waals surface area contributed by atoms with E-state index >= 15 is 0 Å². The number of hydrogen-bond donors (Lipinski definition) is 2. The molecule has 2 aromatic carbocycles. The number of fused-ring (bicyclic) bond motifs is 1. The Balaban J connectivity index is 1.69. The van der Waals surface area contributed by atoms with Crippen molar-refractivity contribution in [3.05, 3.63) is 70.9 Å². The predicted molar refractivity (Wildman–Crippen MR) is 96.1 cm³/mol. The molecule has 0 radical (unpaired) electrons. The van der Waals surface area contributed by atoms with Gasteiger partial charge in [-0.05, 0) is 55.1 Å². The summed E-state index contributed by atoms with van der Waals surface area (Å²) in [7, 11) is 1.99. The molecule has 1 heterocycles. The number of amides is 1. The van der Waals surface area contributed by atoms with Crippen LogP contribution < -0.4 is 5.32 Å². The Labute approximate surface area is 141 Å². The summed E-state index contributed by atoms with van der Waals surface area (Å²) in [6, 6.07) is 13.6. The second-order valence-corrected chi connectivity index (χ2v) is 6.35. The van der Waals surface area contributed by atoms with E-state index in [9.17, 15) is 9.90 Å². The summed E-state index contributed by atoms with van der Waals surface area (Å²) in [6.45, 7) is 4.12. The van der Waals surface area contributed by atoms with Gasteiger partial charge < -0.3 is 15.0 Å². The smallest absolute Gasteiger partial charge is 0.251 e. The second-order valence-electron chi connectivity index (χ2n) is 6.35. The summed E-state index contributed by atoms with van der Waals surface area (Å²) in [5, 5.41) is 14.3. The van der Waals surface area contributed by atoms with Crippen LogP contribution >= 0.6 is 0 Å². The highest BCUT2D eigenvalue weighted by atomic mass is 16.3. The van der Waals surface area contributed by atoms with Crippen molar-refractivity contribution < 1.29 is 9.90 Å². The minimum Gasteiger partial charge on any atom is -0.387 e. The minimum atomic E-state index is -0.732. The lowest BCUT2D eigenvalue weighted by Crippen LogP contribution is -2.28. The van der Waals surface area contributed by atoms with E-state index in [1.54, 1.807) is 0 Å². The lowest BCUT2D eigenvalue weighted by molar-refractivity contribution is 0.0916. The highest BCUT2D eigenvalue weighted by Gasteiger charge is 2.12. The first kappa shape index (κ1) is 16.3. The largest absolute Gasteiger partial charge is 0.387 e. The Bertz CT molecular complexity index is 876. The molecule has 0 fully saturated rings. The van der Waals surface area contributed by atoms with Gasteiger partial charge in [-0.2, -0.15) is 0 Å².